The van der Waals surface area contributed by atoms with E-state index in [0.717, 1.165) is 56.5 Å². The Bertz CT molecular complexity index is 1720. The number of hydrogen-bond donors (Lipinski definition) is 0. The highest BCUT2D eigenvalue weighted by Crippen LogP contribution is 2.42. The second-order valence-corrected chi connectivity index (χ2v) is 17.6. The summed E-state index contributed by atoms with van der Waals surface area (Å²) in [7, 11) is -1.18. The minimum absolute atomic E-state index is 0.0130. The van der Waals surface area contributed by atoms with Gasteiger partial charge in [0.25, 0.3) is 5.91 Å². The topological polar surface area (TPSA) is 78.8 Å². The molecule has 256 valence electrons. The van der Waals surface area contributed by atoms with Crippen molar-refractivity contribution in [1.82, 2.24) is 24.3 Å². The summed E-state index contributed by atoms with van der Waals surface area (Å²) in [6.45, 7) is 14.6. The van der Waals surface area contributed by atoms with Gasteiger partial charge in [0.1, 0.15) is 15.7 Å². The molecule has 6 rings (SSSR count). The van der Waals surface area contributed by atoms with E-state index in [-0.39, 0.29) is 17.2 Å². The number of benzene rings is 1. The number of nitrogens with zero attached hydrogens (tertiary/aromatic N) is 5. The maximum atomic E-state index is 14.5. The van der Waals surface area contributed by atoms with E-state index in [1.54, 1.807) is 18.0 Å². The first-order valence-electron chi connectivity index (χ1n) is 17.4. The molecule has 10 heteroatoms. The molecule has 3 aromatic rings. The van der Waals surface area contributed by atoms with Crippen LogP contribution in [0.5, 0.6) is 0 Å². The zero-order valence-corrected chi connectivity index (χ0v) is 29.9. The van der Waals surface area contributed by atoms with Crippen LogP contribution in [0.4, 0.5) is 4.39 Å². The summed E-state index contributed by atoms with van der Waals surface area (Å²) >= 11 is 0. The molecule has 1 aliphatic carbocycles. The largest absolute Gasteiger partial charge is 0.339 e. The lowest BCUT2D eigenvalue weighted by Crippen LogP contribution is -2.61. The van der Waals surface area contributed by atoms with E-state index in [1.165, 1.54) is 42.2 Å². The van der Waals surface area contributed by atoms with Crippen molar-refractivity contribution in [1.29, 1.82) is 0 Å². The fourth-order valence-electron chi connectivity index (χ4n) is 8.54. The summed E-state index contributed by atoms with van der Waals surface area (Å²) in [6, 6.07) is 5.62. The number of amides is 1. The number of halogens is 1. The molecule has 3 aliphatic rings. The molecule has 0 radical (unpaired) electrons. The molecule has 0 bridgehead atoms. The molecule has 1 amide bonds. The van der Waals surface area contributed by atoms with Gasteiger partial charge in [-0.2, -0.15) is 0 Å². The SMILES string of the molecule is Cc1cncc2c1c(CC1CN([C@@H](C(C)C)C3CC(N4CCC(S(C)(=O)=O)CC4)C3)C1)cn2-c1ccc(F)cc1C(=O)N(C)C(C)C. The number of carbonyl (C=O) groups excluding carboxylic acids is 1. The van der Waals surface area contributed by atoms with Gasteiger partial charge in [-0.1, -0.05) is 13.8 Å². The smallest absolute Gasteiger partial charge is 0.256 e. The Kier molecular flexibility index (Phi) is 9.59. The fourth-order valence-corrected chi connectivity index (χ4v) is 9.61. The van der Waals surface area contributed by atoms with E-state index in [9.17, 15) is 17.6 Å². The van der Waals surface area contributed by atoms with E-state index in [0.29, 0.717) is 41.1 Å². The van der Waals surface area contributed by atoms with Crippen LogP contribution >= 0.6 is 0 Å². The Morgan fingerprint density at radius 1 is 1.09 bits per heavy atom. The number of rotatable bonds is 10. The molecule has 3 fully saturated rings. The standard InChI is InChI=1S/C37H52FN5O3S/c1-23(2)36(27-15-30(16-27)41-12-10-31(11-13-41)47(7,45)46)42-20-26(21-42)14-28-22-43(34-19-39-18-25(5)35(28)34)33-9-8-29(38)17-32(33)37(44)40(6)24(3)4/h8-9,17-19,22-24,26-27,30-31,36H,10-16,20-21H2,1-7H3/t27?,30?,36-/m0/s1. The summed E-state index contributed by atoms with van der Waals surface area (Å²) in [5.74, 6) is 1.16. The predicted octanol–water partition coefficient (Wildman–Crippen LogP) is 5.74. The highest BCUT2D eigenvalue weighted by molar-refractivity contribution is 7.91. The number of aromatic nitrogens is 2. The Hall–Kier alpha value is -2.82. The van der Waals surface area contributed by atoms with Gasteiger partial charge in [0.2, 0.25) is 0 Å². The van der Waals surface area contributed by atoms with Crippen molar-refractivity contribution in [2.45, 2.75) is 90.1 Å². The van der Waals surface area contributed by atoms with Gasteiger partial charge in [-0.3, -0.25) is 14.7 Å². The van der Waals surface area contributed by atoms with Crippen molar-refractivity contribution in [2.75, 3.05) is 39.5 Å². The monoisotopic (exact) mass is 665 g/mol. The van der Waals surface area contributed by atoms with Crippen LogP contribution in [0.3, 0.4) is 0 Å². The third-order valence-electron chi connectivity index (χ3n) is 11.4. The van der Waals surface area contributed by atoms with Gasteiger partial charge in [-0.05, 0) is 113 Å². The molecular formula is C37H52FN5O3S. The van der Waals surface area contributed by atoms with Crippen LogP contribution in [-0.2, 0) is 16.3 Å². The van der Waals surface area contributed by atoms with Crippen LogP contribution in [0.25, 0.3) is 16.6 Å². The van der Waals surface area contributed by atoms with E-state index < -0.39 is 15.7 Å². The van der Waals surface area contributed by atoms with Gasteiger partial charge in [0, 0.05) is 62.3 Å². The number of piperidine rings is 1. The van der Waals surface area contributed by atoms with Gasteiger partial charge in [0.15, 0.2) is 0 Å². The Balaban J connectivity index is 1.15. The Labute approximate surface area is 280 Å². The molecule has 2 aromatic heterocycles. The van der Waals surface area contributed by atoms with Gasteiger partial charge in [-0.15, -0.1) is 0 Å². The molecule has 2 saturated heterocycles. The molecule has 8 nitrogen and oxygen atoms in total. The summed E-state index contributed by atoms with van der Waals surface area (Å²) in [5, 5.41) is 0.997. The molecule has 4 heterocycles. The van der Waals surface area contributed by atoms with E-state index in [1.807, 2.05) is 30.8 Å². The second-order valence-electron chi connectivity index (χ2n) is 15.3. The molecule has 0 N–H and O–H groups in total. The molecule has 1 atom stereocenters. The number of likely N-dealkylation sites (tertiary alicyclic amines) is 2. The van der Waals surface area contributed by atoms with Gasteiger partial charge in [0.05, 0.1) is 28.2 Å². The van der Waals surface area contributed by atoms with Crippen molar-refractivity contribution in [3.63, 3.8) is 0 Å². The molecule has 0 spiro atoms. The van der Waals surface area contributed by atoms with Crippen molar-refractivity contribution >= 4 is 26.6 Å². The van der Waals surface area contributed by atoms with Crippen LogP contribution in [0.2, 0.25) is 0 Å². The highest BCUT2D eigenvalue weighted by Gasteiger charge is 2.45. The quantitative estimate of drug-likeness (QED) is 0.275. The zero-order chi connectivity index (χ0) is 33.8. The molecule has 0 unspecified atom stereocenters. The maximum absolute atomic E-state index is 14.5. The van der Waals surface area contributed by atoms with E-state index in [4.69, 9.17) is 0 Å². The van der Waals surface area contributed by atoms with Crippen LogP contribution in [0, 0.1) is 30.5 Å². The zero-order valence-electron chi connectivity index (χ0n) is 29.1. The van der Waals surface area contributed by atoms with Crippen molar-refractivity contribution in [3.8, 4) is 5.69 Å². The van der Waals surface area contributed by atoms with Crippen LogP contribution in [0.1, 0.15) is 74.9 Å². The first kappa shape index (κ1) is 34.1. The third-order valence-corrected chi connectivity index (χ3v) is 13.0. The first-order chi connectivity index (χ1) is 22.2. The Morgan fingerprint density at radius 2 is 1.77 bits per heavy atom. The minimum atomic E-state index is -2.94. The average molecular weight is 666 g/mol. The van der Waals surface area contributed by atoms with Crippen LogP contribution < -0.4 is 0 Å². The summed E-state index contributed by atoms with van der Waals surface area (Å²) in [6.07, 6.45) is 12.2. The predicted molar refractivity (Wildman–Crippen MR) is 186 cm³/mol. The van der Waals surface area contributed by atoms with Gasteiger partial charge in [-0.25, -0.2) is 12.8 Å². The Morgan fingerprint density at radius 3 is 2.38 bits per heavy atom. The minimum Gasteiger partial charge on any atom is -0.339 e. The van der Waals surface area contributed by atoms with E-state index >= 15 is 0 Å². The lowest BCUT2D eigenvalue weighted by Gasteiger charge is -2.55. The molecular weight excluding hydrogens is 614 g/mol. The van der Waals surface area contributed by atoms with Gasteiger partial charge >= 0.3 is 0 Å². The molecule has 2 aliphatic heterocycles. The lowest BCUT2D eigenvalue weighted by atomic mass is 9.69. The van der Waals surface area contributed by atoms with Crippen LogP contribution in [0.15, 0.2) is 36.8 Å². The lowest BCUT2D eigenvalue weighted by molar-refractivity contribution is -0.0482. The fraction of sp³-hybridized carbons (Fsp3) is 0.622. The summed E-state index contributed by atoms with van der Waals surface area (Å²) in [4.78, 5) is 24.9. The van der Waals surface area contributed by atoms with Gasteiger partial charge < -0.3 is 14.4 Å². The third kappa shape index (κ3) is 6.75. The highest BCUT2D eigenvalue weighted by atomic mass is 32.2. The molecule has 1 saturated carbocycles. The summed E-state index contributed by atoms with van der Waals surface area (Å²) < 4.78 is 40.5. The number of sulfone groups is 1. The number of pyridine rings is 1. The maximum Gasteiger partial charge on any atom is 0.256 e. The average Bonchev–Trinajstić information content (AvgIpc) is 3.34. The second kappa shape index (κ2) is 13.2. The van der Waals surface area contributed by atoms with Crippen molar-refractivity contribution < 1.29 is 17.6 Å². The molecule has 1 aromatic carbocycles. The number of carbonyl (C=O) groups is 1. The molecule has 47 heavy (non-hydrogen) atoms. The van der Waals surface area contributed by atoms with Crippen molar-refractivity contribution in [2.24, 2.45) is 17.8 Å². The number of fused-ring (bicyclic) bond motifs is 1. The number of aryl methyl sites for hydroxylation is 1. The van der Waals surface area contributed by atoms with Crippen LogP contribution in [-0.4, -0.2) is 101 Å². The first-order valence-corrected chi connectivity index (χ1v) is 19.4. The van der Waals surface area contributed by atoms with E-state index in [2.05, 4.69) is 41.8 Å². The normalized spacial score (nSPS) is 22.5. The summed E-state index contributed by atoms with van der Waals surface area (Å²) in [5.41, 5.74) is 4.29. The number of hydrogen-bond acceptors (Lipinski definition) is 6. The van der Waals surface area contributed by atoms with Crippen molar-refractivity contribution in [3.05, 3.63) is 59.3 Å².